The number of rotatable bonds is 4. The van der Waals surface area contributed by atoms with Gasteiger partial charge in [0.1, 0.15) is 18.1 Å². The third-order valence-electron chi connectivity index (χ3n) is 2.02. The molecule has 0 saturated carbocycles. The van der Waals surface area contributed by atoms with Gasteiger partial charge >= 0.3 is 0 Å². The number of nitrogens with one attached hydrogen (secondary N) is 1. The van der Waals surface area contributed by atoms with E-state index in [4.69, 9.17) is 9.52 Å². The van der Waals surface area contributed by atoms with Gasteiger partial charge in [-0.2, -0.15) is 0 Å². The molecule has 0 saturated heterocycles. The van der Waals surface area contributed by atoms with Gasteiger partial charge < -0.3 is 14.8 Å². The molecule has 4 heteroatoms. The average Bonchev–Trinajstić information content (AvgIpc) is 2.76. The molecule has 2 aromatic rings. The Bertz CT molecular complexity index is 412. The predicted octanol–water partition coefficient (Wildman–Crippen LogP) is 1.78. The van der Waals surface area contributed by atoms with Crippen molar-refractivity contribution < 1.29 is 9.52 Å². The van der Waals surface area contributed by atoms with Crippen LogP contribution in [-0.4, -0.2) is 10.1 Å². The van der Waals surface area contributed by atoms with E-state index in [9.17, 15) is 0 Å². The van der Waals surface area contributed by atoms with Gasteiger partial charge in [0, 0.05) is 18.1 Å². The van der Waals surface area contributed by atoms with Crippen molar-refractivity contribution >= 4 is 5.69 Å². The summed E-state index contributed by atoms with van der Waals surface area (Å²) in [4.78, 5) is 3.92. The highest BCUT2D eigenvalue weighted by Gasteiger charge is 2.00. The zero-order valence-electron chi connectivity index (χ0n) is 8.18. The molecule has 0 aliphatic carbocycles. The zero-order valence-corrected chi connectivity index (χ0v) is 8.18. The van der Waals surface area contributed by atoms with Crippen LogP contribution in [-0.2, 0) is 13.2 Å². The average molecular weight is 204 g/mol. The Morgan fingerprint density at radius 3 is 2.53 bits per heavy atom. The second-order valence-corrected chi connectivity index (χ2v) is 3.12. The number of pyridine rings is 1. The van der Waals surface area contributed by atoms with Crippen molar-refractivity contribution in [2.75, 3.05) is 5.32 Å². The number of anilines is 1. The maximum atomic E-state index is 8.81. The lowest BCUT2D eigenvalue weighted by molar-refractivity contribution is 0.244. The van der Waals surface area contributed by atoms with E-state index in [-0.39, 0.29) is 6.61 Å². The van der Waals surface area contributed by atoms with Crippen molar-refractivity contribution in [2.45, 2.75) is 13.2 Å². The number of nitrogens with zero attached hydrogens (tertiary/aromatic N) is 1. The lowest BCUT2D eigenvalue weighted by Gasteiger charge is -2.02. The largest absolute Gasteiger partial charge is 0.462 e. The summed E-state index contributed by atoms with van der Waals surface area (Å²) >= 11 is 0. The van der Waals surface area contributed by atoms with Crippen LogP contribution in [0.15, 0.2) is 41.1 Å². The molecule has 4 nitrogen and oxygen atoms in total. The van der Waals surface area contributed by atoms with Gasteiger partial charge in [-0.15, -0.1) is 0 Å². The first-order chi connectivity index (χ1) is 7.38. The molecule has 2 rings (SSSR count). The molecule has 0 unspecified atom stereocenters. The van der Waals surface area contributed by atoms with E-state index in [1.54, 1.807) is 18.5 Å². The van der Waals surface area contributed by atoms with E-state index < -0.39 is 0 Å². The molecular weight excluding hydrogens is 192 g/mol. The summed E-state index contributed by atoms with van der Waals surface area (Å²) in [6.07, 6.45) is 3.45. The summed E-state index contributed by atoms with van der Waals surface area (Å²) < 4.78 is 5.33. The summed E-state index contributed by atoms with van der Waals surface area (Å²) in [7, 11) is 0. The van der Waals surface area contributed by atoms with Crippen molar-refractivity contribution in [3.8, 4) is 0 Å². The molecule has 0 aromatic carbocycles. The number of aliphatic hydroxyl groups excluding tert-OH is 1. The van der Waals surface area contributed by atoms with Crippen LogP contribution in [0.25, 0.3) is 0 Å². The summed E-state index contributed by atoms with van der Waals surface area (Å²) in [6, 6.07) is 7.38. The maximum absolute atomic E-state index is 8.81. The van der Waals surface area contributed by atoms with Gasteiger partial charge in [0.05, 0.1) is 6.54 Å². The van der Waals surface area contributed by atoms with Gasteiger partial charge in [0.2, 0.25) is 0 Å². The normalized spacial score (nSPS) is 10.2. The van der Waals surface area contributed by atoms with E-state index >= 15 is 0 Å². The number of aromatic nitrogens is 1. The van der Waals surface area contributed by atoms with Crippen molar-refractivity contribution in [1.82, 2.24) is 4.98 Å². The zero-order chi connectivity index (χ0) is 10.5. The lowest BCUT2D eigenvalue weighted by atomic mass is 10.4. The third-order valence-corrected chi connectivity index (χ3v) is 2.02. The molecule has 0 amide bonds. The molecule has 0 aliphatic heterocycles. The van der Waals surface area contributed by atoms with Crippen LogP contribution in [0.4, 0.5) is 5.69 Å². The second-order valence-electron chi connectivity index (χ2n) is 3.12. The quantitative estimate of drug-likeness (QED) is 0.797. The molecule has 78 valence electrons. The van der Waals surface area contributed by atoms with Crippen LogP contribution in [0.2, 0.25) is 0 Å². The van der Waals surface area contributed by atoms with Crippen molar-refractivity contribution in [3.05, 3.63) is 48.2 Å². The summed E-state index contributed by atoms with van der Waals surface area (Å²) in [6.45, 7) is 0.541. The van der Waals surface area contributed by atoms with Crippen LogP contribution in [0.3, 0.4) is 0 Å². The Labute approximate surface area is 87.6 Å². The minimum atomic E-state index is -0.0603. The SMILES string of the molecule is OCc1ccc(CNc2ccncc2)o1. The molecule has 15 heavy (non-hydrogen) atoms. The molecule has 0 atom stereocenters. The first-order valence-corrected chi connectivity index (χ1v) is 4.71. The Kier molecular flexibility index (Phi) is 2.99. The minimum Gasteiger partial charge on any atom is -0.462 e. The van der Waals surface area contributed by atoms with E-state index in [1.807, 2.05) is 18.2 Å². The highest BCUT2D eigenvalue weighted by atomic mass is 16.4. The Morgan fingerprint density at radius 1 is 1.13 bits per heavy atom. The van der Waals surface area contributed by atoms with Crippen molar-refractivity contribution in [3.63, 3.8) is 0 Å². The van der Waals surface area contributed by atoms with Gasteiger partial charge in [-0.25, -0.2) is 0 Å². The third kappa shape index (κ3) is 2.57. The molecular formula is C11H12N2O2. The smallest absolute Gasteiger partial charge is 0.129 e. The number of hydrogen-bond acceptors (Lipinski definition) is 4. The first-order valence-electron chi connectivity index (χ1n) is 4.71. The van der Waals surface area contributed by atoms with E-state index in [0.717, 1.165) is 11.4 Å². The fourth-order valence-electron chi connectivity index (χ4n) is 1.26. The van der Waals surface area contributed by atoms with Crippen LogP contribution in [0, 0.1) is 0 Å². The van der Waals surface area contributed by atoms with Crippen LogP contribution in [0.1, 0.15) is 11.5 Å². The summed E-state index contributed by atoms with van der Waals surface area (Å²) in [5, 5.41) is 12.0. The fourth-order valence-corrected chi connectivity index (χ4v) is 1.26. The second kappa shape index (κ2) is 4.61. The van der Waals surface area contributed by atoms with Crippen LogP contribution >= 0.6 is 0 Å². The molecule has 0 aliphatic rings. The first kappa shape index (κ1) is 9.73. The van der Waals surface area contributed by atoms with Crippen molar-refractivity contribution in [1.29, 1.82) is 0 Å². The van der Waals surface area contributed by atoms with E-state index in [0.29, 0.717) is 12.3 Å². The Balaban J connectivity index is 1.93. The van der Waals surface area contributed by atoms with Gasteiger partial charge in [-0.3, -0.25) is 4.98 Å². The van der Waals surface area contributed by atoms with Crippen LogP contribution in [0.5, 0.6) is 0 Å². The van der Waals surface area contributed by atoms with Gasteiger partial charge in [0.15, 0.2) is 0 Å². The Hall–Kier alpha value is -1.81. The molecule has 0 radical (unpaired) electrons. The molecule has 2 heterocycles. The lowest BCUT2D eigenvalue weighted by Crippen LogP contribution is -1.97. The molecule has 0 fully saturated rings. The topological polar surface area (TPSA) is 58.3 Å². The molecule has 2 N–H and O–H groups in total. The number of aliphatic hydroxyl groups is 1. The predicted molar refractivity (Wildman–Crippen MR) is 56.2 cm³/mol. The van der Waals surface area contributed by atoms with Gasteiger partial charge in [-0.1, -0.05) is 0 Å². The van der Waals surface area contributed by atoms with Crippen molar-refractivity contribution in [2.24, 2.45) is 0 Å². The molecule has 0 bridgehead atoms. The maximum Gasteiger partial charge on any atom is 0.129 e. The number of furan rings is 1. The highest BCUT2D eigenvalue weighted by molar-refractivity contribution is 5.40. The highest BCUT2D eigenvalue weighted by Crippen LogP contribution is 2.10. The fraction of sp³-hybridized carbons (Fsp3) is 0.182. The van der Waals surface area contributed by atoms with Gasteiger partial charge in [0.25, 0.3) is 0 Å². The summed E-state index contributed by atoms with van der Waals surface area (Å²) in [5.74, 6) is 1.39. The van der Waals surface area contributed by atoms with Gasteiger partial charge in [-0.05, 0) is 24.3 Å². The minimum absolute atomic E-state index is 0.0603. The molecule has 0 spiro atoms. The molecule has 2 aromatic heterocycles. The number of hydrogen-bond donors (Lipinski definition) is 2. The van der Waals surface area contributed by atoms with E-state index in [1.165, 1.54) is 0 Å². The standard InChI is InChI=1S/C11H12N2O2/c14-8-11-2-1-10(15-11)7-13-9-3-5-12-6-4-9/h1-6,14H,7-8H2,(H,12,13). The Morgan fingerprint density at radius 2 is 1.87 bits per heavy atom. The van der Waals surface area contributed by atoms with E-state index in [2.05, 4.69) is 10.3 Å². The van der Waals surface area contributed by atoms with Crippen LogP contribution < -0.4 is 5.32 Å². The summed E-state index contributed by atoms with van der Waals surface area (Å²) in [5.41, 5.74) is 0.993. The monoisotopic (exact) mass is 204 g/mol.